The molecule has 1 aliphatic heterocycles. The zero-order chi connectivity index (χ0) is 16.3. The minimum atomic E-state index is -1.07. The number of imide groups is 2. The first kappa shape index (κ1) is 15.7. The molecule has 2 aliphatic rings. The molecular formula is C12H16N4O6. The van der Waals surface area contributed by atoms with Gasteiger partial charge in [-0.2, -0.15) is 0 Å². The van der Waals surface area contributed by atoms with Gasteiger partial charge in [-0.3, -0.25) is 24.6 Å². The first-order valence-corrected chi connectivity index (χ1v) is 6.73. The maximum atomic E-state index is 12.3. The minimum absolute atomic E-state index is 0.450. The van der Waals surface area contributed by atoms with Crippen molar-refractivity contribution < 1.29 is 28.7 Å². The molecule has 0 radical (unpaired) electrons. The molecule has 2 fully saturated rings. The smallest absolute Gasteiger partial charge is 0.326 e. The van der Waals surface area contributed by atoms with Crippen molar-refractivity contribution in [3.63, 3.8) is 0 Å². The highest BCUT2D eigenvalue weighted by Crippen LogP contribution is 2.34. The van der Waals surface area contributed by atoms with Gasteiger partial charge in [0, 0.05) is 0 Å². The van der Waals surface area contributed by atoms with E-state index in [0.29, 0.717) is 12.8 Å². The van der Waals surface area contributed by atoms with Gasteiger partial charge < -0.3 is 15.8 Å². The average Bonchev–Trinajstić information content (AvgIpc) is 2.98. The first-order chi connectivity index (χ1) is 10.3. The number of urea groups is 2. The van der Waals surface area contributed by atoms with E-state index in [0.717, 1.165) is 17.7 Å². The Morgan fingerprint density at radius 1 is 1.27 bits per heavy atom. The Kier molecular flexibility index (Phi) is 4.29. The lowest BCUT2D eigenvalue weighted by Crippen LogP contribution is -2.44. The number of hydrogen-bond donors (Lipinski definition) is 3. The molecule has 120 valence electrons. The van der Waals surface area contributed by atoms with Crippen LogP contribution in [0.2, 0.25) is 0 Å². The third kappa shape index (κ3) is 3.15. The molecule has 0 unspecified atom stereocenters. The summed E-state index contributed by atoms with van der Waals surface area (Å²) in [4.78, 5) is 57.9. The van der Waals surface area contributed by atoms with Crippen molar-refractivity contribution >= 4 is 29.8 Å². The number of nitrogens with two attached hydrogens (primary N) is 1. The summed E-state index contributed by atoms with van der Waals surface area (Å²) in [6.07, 6.45) is 2.75. The summed E-state index contributed by atoms with van der Waals surface area (Å²) in [5.74, 6) is -2.28. The molecule has 2 rings (SSSR count). The molecule has 0 atom stereocenters. The van der Waals surface area contributed by atoms with Gasteiger partial charge in [-0.25, -0.2) is 9.59 Å². The van der Waals surface area contributed by atoms with Crippen LogP contribution in [0.25, 0.3) is 0 Å². The van der Waals surface area contributed by atoms with Crippen molar-refractivity contribution in [2.75, 3.05) is 13.2 Å². The minimum Gasteiger partial charge on any atom is -0.454 e. The Labute approximate surface area is 125 Å². The first-order valence-electron chi connectivity index (χ1n) is 6.73. The van der Waals surface area contributed by atoms with Crippen molar-refractivity contribution in [1.82, 2.24) is 15.5 Å². The lowest BCUT2D eigenvalue weighted by Gasteiger charge is -2.19. The van der Waals surface area contributed by atoms with Crippen LogP contribution in [-0.4, -0.2) is 53.4 Å². The van der Waals surface area contributed by atoms with Crippen LogP contribution in [0.4, 0.5) is 9.59 Å². The number of esters is 1. The fourth-order valence-electron chi connectivity index (χ4n) is 2.63. The number of rotatable bonds is 4. The Morgan fingerprint density at radius 2 is 1.91 bits per heavy atom. The number of primary amides is 1. The van der Waals surface area contributed by atoms with Gasteiger partial charge in [-0.15, -0.1) is 0 Å². The van der Waals surface area contributed by atoms with E-state index in [4.69, 9.17) is 5.73 Å². The van der Waals surface area contributed by atoms with Crippen LogP contribution in [-0.2, 0) is 19.1 Å². The van der Waals surface area contributed by atoms with Gasteiger partial charge in [-0.1, -0.05) is 12.8 Å². The fourth-order valence-corrected chi connectivity index (χ4v) is 2.63. The Bertz CT molecular complexity index is 540. The highest BCUT2D eigenvalue weighted by Gasteiger charge is 2.52. The molecule has 6 amide bonds. The third-order valence-corrected chi connectivity index (χ3v) is 3.62. The molecule has 1 spiro atoms. The molecule has 10 nitrogen and oxygen atoms in total. The van der Waals surface area contributed by atoms with Crippen molar-refractivity contribution in [2.45, 2.75) is 31.2 Å². The van der Waals surface area contributed by atoms with Gasteiger partial charge in [0.1, 0.15) is 12.1 Å². The van der Waals surface area contributed by atoms with E-state index < -0.39 is 48.5 Å². The predicted octanol–water partition coefficient (Wildman–Crippen LogP) is -1.41. The molecule has 22 heavy (non-hydrogen) atoms. The van der Waals surface area contributed by atoms with E-state index in [1.165, 1.54) is 0 Å². The van der Waals surface area contributed by atoms with Crippen molar-refractivity contribution in [3.8, 4) is 0 Å². The summed E-state index contributed by atoms with van der Waals surface area (Å²) in [6, 6.07) is -1.72. The number of amides is 6. The van der Waals surface area contributed by atoms with E-state index in [1.54, 1.807) is 5.32 Å². The standard InChI is InChI=1S/C12H16N4O6/c13-10(20)14-7(17)6-22-8(18)5-16-9(19)12(15-11(16)21)3-1-2-4-12/h1-6H2,(H,15,21)(H3,13,14,17,20). The molecule has 4 N–H and O–H groups in total. The fraction of sp³-hybridized carbons (Fsp3) is 0.583. The largest absolute Gasteiger partial charge is 0.454 e. The van der Waals surface area contributed by atoms with Crippen LogP contribution in [0.15, 0.2) is 0 Å². The highest BCUT2D eigenvalue weighted by molar-refractivity contribution is 6.09. The van der Waals surface area contributed by atoms with Crippen LogP contribution in [0.5, 0.6) is 0 Å². The van der Waals surface area contributed by atoms with Crippen molar-refractivity contribution in [2.24, 2.45) is 5.73 Å². The Morgan fingerprint density at radius 3 is 2.50 bits per heavy atom. The van der Waals surface area contributed by atoms with Gasteiger partial charge in [0.05, 0.1) is 0 Å². The van der Waals surface area contributed by atoms with Gasteiger partial charge in [0.15, 0.2) is 6.61 Å². The summed E-state index contributed by atoms with van der Waals surface area (Å²) >= 11 is 0. The van der Waals surface area contributed by atoms with Gasteiger partial charge in [0.25, 0.3) is 11.8 Å². The zero-order valence-corrected chi connectivity index (χ0v) is 11.7. The second-order valence-corrected chi connectivity index (χ2v) is 5.18. The zero-order valence-electron chi connectivity index (χ0n) is 11.7. The lowest BCUT2D eigenvalue weighted by atomic mass is 9.98. The predicted molar refractivity (Wildman–Crippen MR) is 70.1 cm³/mol. The summed E-state index contributed by atoms with van der Waals surface area (Å²) < 4.78 is 4.58. The normalized spacial score (nSPS) is 19.2. The van der Waals surface area contributed by atoms with E-state index >= 15 is 0 Å². The molecule has 1 saturated carbocycles. The second kappa shape index (κ2) is 6.00. The maximum absolute atomic E-state index is 12.3. The average molecular weight is 312 g/mol. The van der Waals surface area contributed by atoms with Gasteiger partial charge in [0.2, 0.25) is 0 Å². The molecular weight excluding hydrogens is 296 g/mol. The molecule has 0 aromatic heterocycles. The summed E-state index contributed by atoms with van der Waals surface area (Å²) in [7, 11) is 0. The molecule has 0 bridgehead atoms. The molecule has 1 aliphatic carbocycles. The topological polar surface area (TPSA) is 148 Å². The molecule has 1 heterocycles. The van der Waals surface area contributed by atoms with E-state index in [1.807, 2.05) is 0 Å². The Hall–Kier alpha value is -2.65. The molecule has 0 aromatic carbocycles. The third-order valence-electron chi connectivity index (χ3n) is 3.62. The van der Waals surface area contributed by atoms with E-state index in [9.17, 15) is 24.0 Å². The van der Waals surface area contributed by atoms with Gasteiger partial charge >= 0.3 is 18.0 Å². The van der Waals surface area contributed by atoms with Gasteiger partial charge in [-0.05, 0) is 12.8 Å². The number of carbonyl (C=O) groups excluding carboxylic acids is 5. The molecule has 1 saturated heterocycles. The van der Waals surface area contributed by atoms with E-state index in [-0.39, 0.29) is 0 Å². The van der Waals surface area contributed by atoms with Crippen molar-refractivity contribution in [1.29, 1.82) is 0 Å². The van der Waals surface area contributed by atoms with Crippen LogP contribution in [0.1, 0.15) is 25.7 Å². The van der Waals surface area contributed by atoms with Crippen LogP contribution < -0.4 is 16.4 Å². The van der Waals surface area contributed by atoms with Crippen LogP contribution >= 0.6 is 0 Å². The maximum Gasteiger partial charge on any atom is 0.326 e. The number of carbonyl (C=O) groups is 5. The van der Waals surface area contributed by atoms with Crippen LogP contribution in [0.3, 0.4) is 0 Å². The summed E-state index contributed by atoms with van der Waals surface area (Å²) in [6.45, 7) is -1.31. The number of hydrogen-bond acceptors (Lipinski definition) is 6. The summed E-state index contributed by atoms with van der Waals surface area (Å²) in [5, 5.41) is 4.33. The highest BCUT2D eigenvalue weighted by atomic mass is 16.5. The Balaban J connectivity index is 1.86. The number of ether oxygens (including phenoxy) is 1. The van der Waals surface area contributed by atoms with E-state index in [2.05, 4.69) is 10.1 Å². The monoisotopic (exact) mass is 312 g/mol. The SMILES string of the molecule is NC(=O)NC(=O)COC(=O)CN1C(=O)NC2(CCCC2)C1=O. The molecule has 10 heteroatoms. The quantitative estimate of drug-likeness (QED) is 0.429. The molecule has 0 aromatic rings. The van der Waals surface area contributed by atoms with Crippen molar-refractivity contribution in [3.05, 3.63) is 0 Å². The lowest BCUT2D eigenvalue weighted by molar-refractivity contribution is -0.150. The summed E-state index contributed by atoms with van der Waals surface area (Å²) in [5.41, 5.74) is 3.82. The number of nitrogens with zero attached hydrogens (tertiary/aromatic N) is 1. The van der Waals surface area contributed by atoms with Crippen LogP contribution in [0, 0.1) is 0 Å². The number of nitrogens with one attached hydrogen (secondary N) is 2. The second-order valence-electron chi connectivity index (χ2n) is 5.18.